The molecular weight excluding hydrogens is 336 g/mol. The molecule has 0 bridgehead atoms. The largest absolute Gasteiger partial charge is 0.441 e. The summed E-state index contributed by atoms with van der Waals surface area (Å²) in [6.07, 6.45) is 3.22. The Morgan fingerprint density at radius 1 is 1.38 bits per heavy atom. The molecule has 1 aromatic heterocycles. The van der Waals surface area contributed by atoms with Crippen molar-refractivity contribution in [3.63, 3.8) is 0 Å². The Labute approximate surface area is 130 Å². The zero-order valence-electron chi connectivity index (χ0n) is 11.4. The van der Waals surface area contributed by atoms with E-state index in [9.17, 15) is 9.59 Å². The maximum absolute atomic E-state index is 11.8. The van der Waals surface area contributed by atoms with Gasteiger partial charge in [0.2, 0.25) is 0 Å². The number of rotatable bonds is 4. The highest BCUT2D eigenvalue weighted by molar-refractivity contribution is 9.10. The molecule has 1 atom stereocenters. The van der Waals surface area contributed by atoms with E-state index in [1.54, 1.807) is 0 Å². The van der Waals surface area contributed by atoms with Crippen LogP contribution in [0.15, 0.2) is 38.1 Å². The molecule has 1 unspecified atom stereocenters. The van der Waals surface area contributed by atoms with E-state index in [4.69, 9.17) is 4.52 Å². The summed E-state index contributed by atoms with van der Waals surface area (Å²) in [5.41, 5.74) is 0.813. The summed E-state index contributed by atoms with van der Waals surface area (Å²) >= 11 is 3.40. The van der Waals surface area contributed by atoms with E-state index < -0.39 is 5.76 Å². The second-order valence-corrected chi connectivity index (χ2v) is 6.19. The van der Waals surface area contributed by atoms with Crippen LogP contribution in [0.3, 0.4) is 0 Å². The molecule has 0 aliphatic heterocycles. The molecule has 21 heavy (non-hydrogen) atoms. The fourth-order valence-electron chi connectivity index (χ4n) is 2.78. The molecule has 0 saturated heterocycles. The monoisotopic (exact) mass is 350 g/mol. The first-order chi connectivity index (χ1) is 10.1. The first-order valence-corrected chi connectivity index (χ1v) is 7.79. The van der Waals surface area contributed by atoms with E-state index in [-0.39, 0.29) is 5.92 Å². The van der Waals surface area contributed by atoms with Crippen molar-refractivity contribution in [1.29, 1.82) is 0 Å². The minimum Gasteiger partial charge on any atom is -0.299 e. The first kappa shape index (κ1) is 14.3. The van der Waals surface area contributed by atoms with Crippen LogP contribution < -0.4 is 5.76 Å². The smallest absolute Gasteiger partial charge is 0.299 e. The van der Waals surface area contributed by atoms with Crippen molar-refractivity contribution >= 4 is 21.7 Å². The average Bonchev–Trinajstić information content (AvgIpc) is 3.03. The molecule has 1 aliphatic rings. The van der Waals surface area contributed by atoms with E-state index in [1.807, 2.05) is 24.3 Å². The molecule has 5 nitrogen and oxygen atoms in total. The van der Waals surface area contributed by atoms with Gasteiger partial charge < -0.3 is 0 Å². The van der Waals surface area contributed by atoms with Gasteiger partial charge in [-0.1, -0.05) is 33.2 Å². The van der Waals surface area contributed by atoms with Crippen LogP contribution in [-0.2, 0) is 11.3 Å². The summed E-state index contributed by atoms with van der Waals surface area (Å²) in [5.74, 6) is 0.410. The van der Waals surface area contributed by atoms with E-state index in [2.05, 4.69) is 21.1 Å². The summed E-state index contributed by atoms with van der Waals surface area (Å²) in [4.78, 5) is 23.5. The number of carbonyl (C=O) groups is 1. The quantitative estimate of drug-likeness (QED) is 0.849. The molecule has 3 rings (SSSR count). The Hall–Kier alpha value is -1.69. The van der Waals surface area contributed by atoms with Gasteiger partial charge in [-0.25, -0.2) is 4.79 Å². The lowest BCUT2D eigenvalue weighted by molar-refractivity contribution is -0.120. The van der Waals surface area contributed by atoms with Gasteiger partial charge in [0.05, 0.1) is 0 Å². The van der Waals surface area contributed by atoms with Crippen molar-refractivity contribution in [2.75, 3.05) is 0 Å². The maximum atomic E-state index is 11.8. The summed E-state index contributed by atoms with van der Waals surface area (Å²) in [6.45, 7) is 0.459. The molecule has 110 valence electrons. The normalized spacial score (nSPS) is 18.3. The molecule has 0 radical (unpaired) electrons. The number of nitrogens with zero attached hydrogens (tertiary/aromatic N) is 2. The van der Waals surface area contributed by atoms with Crippen molar-refractivity contribution in [2.45, 2.75) is 32.2 Å². The summed E-state index contributed by atoms with van der Waals surface area (Å²) in [7, 11) is 0. The van der Waals surface area contributed by atoms with Gasteiger partial charge in [-0.05, 0) is 31.4 Å². The van der Waals surface area contributed by atoms with E-state index in [1.165, 1.54) is 4.57 Å². The minimum atomic E-state index is -0.476. The van der Waals surface area contributed by atoms with Crippen molar-refractivity contribution in [2.24, 2.45) is 5.92 Å². The van der Waals surface area contributed by atoms with Gasteiger partial charge in [0.1, 0.15) is 5.78 Å². The molecule has 2 aromatic rings. The van der Waals surface area contributed by atoms with Gasteiger partial charge in [-0.15, -0.1) is 0 Å². The summed E-state index contributed by atoms with van der Waals surface area (Å²) < 4.78 is 7.21. The third-order valence-electron chi connectivity index (χ3n) is 3.90. The van der Waals surface area contributed by atoms with Gasteiger partial charge in [0.25, 0.3) is 0 Å². The van der Waals surface area contributed by atoms with Gasteiger partial charge in [-0.3, -0.25) is 13.9 Å². The molecule has 0 spiro atoms. The van der Waals surface area contributed by atoms with Crippen molar-refractivity contribution in [3.05, 3.63) is 39.3 Å². The number of ketones is 1. The number of halogens is 1. The van der Waals surface area contributed by atoms with Gasteiger partial charge in [0.15, 0.2) is 5.82 Å². The fraction of sp³-hybridized carbons (Fsp3) is 0.400. The highest BCUT2D eigenvalue weighted by Gasteiger charge is 2.25. The molecule has 1 aromatic carbocycles. The summed E-state index contributed by atoms with van der Waals surface area (Å²) in [6, 6.07) is 7.54. The number of hydrogen-bond acceptors (Lipinski definition) is 4. The predicted octanol–water partition coefficient (Wildman–Crippen LogP) is 3.03. The lowest BCUT2D eigenvalue weighted by Crippen LogP contribution is -2.19. The Morgan fingerprint density at radius 3 is 2.95 bits per heavy atom. The predicted molar refractivity (Wildman–Crippen MR) is 80.9 cm³/mol. The SMILES string of the molecule is O=C1CCCC1CCn1c(-c2cccc(Br)c2)noc1=O. The average molecular weight is 351 g/mol. The second-order valence-electron chi connectivity index (χ2n) is 5.28. The summed E-state index contributed by atoms with van der Waals surface area (Å²) in [5, 5.41) is 3.86. The standard InChI is InChI=1S/C15H15BrN2O3/c16-12-5-1-4-11(9-12)14-17-21-15(20)18(14)8-7-10-3-2-6-13(10)19/h1,4-5,9-10H,2-3,6-8H2. The fourth-order valence-corrected chi connectivity index (χ4v) is 3.18. The highest BCUT2D eigenvalue weighted by Crippen LogP contribution is 2.26. The van der Waals surface area contributed by atoms with Gasteiger partial charge >= 0.3 is 5.76 Å². The number of benzene rings is 1. The van der Waals surface area contributed by atoms with Crippen molar-refractivity contribution in [1.82, 2.24) is 9.72 Å². The van der Waals surface area contributed by atoms with Crippen LogP contribution in [0.2, 0.25) is 0 Å². The van der Waals surface area contributed by atoms with Crippen LogP contribution in [0, 0.1) is 5.92 Å². The van der Waals surface area contributed by atoms with Crippen LogP contribution in [0.5, 0.6) is 0 Å². The molecule has 0 N–H and O–H groups in total. The highest BCUT2D eigenvalue weighted by atomic mass is 79.9. The van der Waals surface area contributed by atoms with Crippen LogP contribution in [0.1, 0.15) is 25.7 Å². The first-order valence-electron chi connectivity index (χ1n) is 7.00. The molecule has 1 fully saturated rings. The van der Waals surface area contributed by atoms with Crippen LogP contribution >= 0.6 is 15.9 Å². The molecule has 0 amide bonds. The molecule has 1 saturated carbocycles. The third-order valence-corrected chi connectivity index (χ3v) is 4.39. The molecular formula is C15H15BrN2O3. The van der Waals surface area contributed by atoms with Gasteiger partial charge in [0, 0.05) is 28.9 Å². The van der Waals surface area contributed by atoms with Crippen molar-refractivity contribution < 1.29 is 9.32 Å². The lowest BCUT2D eigenvalue weighted by Gasteiger charge is -2.09. The lowest BCUT2D eigenvalue weighted by atomic mass is 10.0. The Morgan fingerprint density at radius 2 is 2.24 bits per heavy atom. The third kappa shape index (κ3) is 3.00. The van der Waals surface area contributed by atoms with Crippen LogP contribution in [-0.4, -0.2) is 15.5 Å². The molecule has 1 aliphatic carbocycles. The van der Waals surface area contributed by atoms with E-state index in [0.717, 1.165) is 22.9 Å². The van der Waals surface area contributed by atoms with Crippen LogP contribution in [0.25, 0.3) is 11.4 Å². The molecule has 6 heteroatoms. The number of hydrogen-bond donors (Lipinski definition) is 0. The number of aromatic nitrogens is 2. The van der Waals surface area contributed by atoms with Gasteiger partial charge in [-0.2, -0.15) is 0 Å². The van der Waals surface area contributed by atoms with E-state index >= 15 is 0 Å². The zero-order chi connectivity index (χ0) is 14.8. The number of carbonyl (C=O) groups excluding carboxylic acids is 1. The molecule has 1 heterocycles. The minimum absolute atomic E-state index is 0.0714. The Bertz CT molecular complexity index is 720. The Balaban J connectivity index is 1.84. The second kappa shape index (κ2) is 5.97. The number of Topliss-reactive ketones (excluding diaryl/α,β-unsaturated/α-hetero) is 1. The Kier molecular flexibility index (Phi) is 4.05. The van der Waals surface area contributed by atoms with Crippen LogP contribution in [0.4, 0.5) is 0 Å². The maximum Gasteiger partial charge on any atom is 0.441 e. The zero-order valence-corrected chi connectivity index (χ0v) is 13.0. The topological polar surface area (TPSA) is 65.1 Å². The van der Waals surface area contributed by atoms with E-state index in [0.29, 0.717) is 31.0 Å². The van der Waals surface area contributed by atoms with Crippen molar-refractivity contribution in [3.8, 4) is 11.4 Å².